The Morgan fingerprint density at radius 3 is 2.74 bits per heavy atom. The number of thioether (sulfide) groups is 1. The van der Waals surface area contributed by atoms with Gasteiger partial charge in [-0.25, -0.2) is 4.39 Å². The lowest BCUT2D eigenvalue weighted by atomic mass is 10.2. The summed E-state index contributed by atoms with van der Waals surface area (Å²) in [6, 6.07) is 10.2. The monoisotopic (exact) mass is 297 g/mol. The summed E-state index contributed by atoms with van der Waals surface area (Å²) in [4.78, 5) is 0.814. The number of nitrogen functional groups attached to an aromatic ring is 1. The highest BCUT2D eigenvalue weighted by molar-refractivity contribution is 7.98. The van der Waals surface area contributed by atoms with Gasteiger partial charge in [-0.05, 0) is 36.4 Å². The average molecular weight is 298 g/mol. The van der Waals surface area contributed by atoms with Crippen molar-refractivity contribution in [3.8, 4) is 5.75 Å². The number of nitrogens with two attached hydrogens (primary N) is 1. The van der Waals surface area contributed by atoms with Crippen molar-refractivity contribution in [1.29, 1.82) is 0 Å². The first-order chi connectivity index (χ1) is 9.10. The molecule has 2 N–H and O–H groups in total. The number of methoxy groups -OCH3 is 1. The van der Waals surface area contributed by atoms with E-state index < -0.39 is 5.82 Å². The van der Waals surface area contributed by atoms with Crippen LogP contribution in [0.15, 0.2) is 41.3 Å². The Morgan fingerprint density at radius 2 is 2.05 bits per heavy atom. The van der Waals surface area contributed by atoms with Gasteiger partial charge in [0.25, 0.3) is 0 Å². The smallest absolute Gasteiger partial charge is 0.147 e. The third kappa shape index (κ3) is 3.55. The highest BCUT2D eigenvalue weighted by atomic mass is 35.5. The zero-order valence-electron chi connectivity index (χ0n) is 10.3. The van der Waals surface area contributed by atoms with E-state index in [9.17, 15) is 4.39 Å². The lowest BCUT2D eigenvalue weighted by molar-refractivity contribution is 0.411. The maximum Gasteiger partial charge on any atom is 0.147 e. The van der Waals surface area contributed by atoms with Crippen LogP contribution >= 0.6 is 23.4 Å². The lowest BCUT2D eigenvalue weighted by Gasteiger charge is -2.09. The number of benzene rings is 2. The van der Waals surface area contributed by atoms with Crippen LogP contribution in [0.2, 0.25) is 5.02 Å². The summed E-state index contributed by atoms with van der Waals surface area (Å²) in [5.41, 5.74) is 6.57. The quantitative estimate of drug-likeness (QED) is 0.672. The summed E-state index contributed by atoms with van der Waals surface area (Å²) in [5.74, 6) is 1.02. The minimum absolute atomic E-state index is 0.157. The van der Waals surface area contributed by atoms with Crippen molar-refractivity contribution in [3.05, 3.63) is 52.8 Å². The van der Waals surface area contributed by atoms with Crippen molar-refractivity contribution < 1.29 is 9.13 Å². The highest BCUT2D eigenvalue weighted by Gasteiger charge is 2.06. The topological polar surface area (TPSA) is 35.2 Å². The highest BCUT2D eigenvalue weighted by Crippen LogP contribution is 2.30. The summed E-state index contributed by atoms with van der Waals surface area (Å²) in [6.45, 7) is 0. The van der Waals surface area contributed by atoms with Crippen molar-refractivity contribution in [2.45, 2.75) is 10.6 Å². The third-order valence-corrected chi connectivity index (χ3v) is 3.89. The van der Waals surface area contributed by atoms with E-state index in [2.05, 4.69) is 0 Å². The van der Waals surface area contributed by atoms with Crippen LogP contribution in [0.4, 0.5) is 10.1 Å². The fourth-order valence-corrected chi connectivity index (χ4v) is 2.71. The van der Waals surface area contributed by atoms with Gasteiger partial charge >= 0.3 is 0 Å². The average Bonchev–Trinajstić information content (AvgIpc) is 2.40. The first-order valence-electron chi connectivity index (χ1n) is 5.60. The molecule has 0 saturated heterocycles. The van der Waals surface area contributed by atoms with Crippen LogP contribution in [0.1, 0.15) is 5.56 Å². The number of ether oxygens (including phenoxy) is 1. The number of hydrogen-bond donors (Lipinski definition) is 1. The van der Waals surface area contributed by atoms with Crippen molar-refractivity contribution in [2.24, 2.45) is 0 Å². The van der Waals surface area contributed by atoms with Gasteiger partial charge in [0, 0.05) is 21.2 Å². The molecule has 0 radical (unpaired) electrons. The fourth-order valence-electron chi connectivity index (χ4n) is 1.62. The van der Waals surface area contributed by atoms with Crippen molar-refractivity contribution in [2.75, 3.05) is 12.8 Å². The zero-order chi connectivity index (χ0) is 13.8. The van der Waals surface area contributed by atoms with Gasteiger partial charge < -0.3 is 10.5 Å². The molecule has 0 aliphatic rings. The Balaban J connectivity index is 2.13. The van der Waals surface area contributed by atoms with Gasteiger partial charge in [0.1, 0.15) is 11.6 Å². The van der Waals surface area contributed by atoms with E-state index >= 15 is 0 Å². The van der Waals surface area contributed by atoms with Gasteiger partial charge in [-0.1, -0.05) is 11.6 Å². The molecule has 0 atom stereocenters. The van der Waals surface area contributed by atoms with E-state index in [1.54, 1.807) is 25.3 Å². The Morgan fingerprint density at radius 1 is 1.26 bits per heavy atom. The van der Waals surface area contributed by atoms with Gasteiger partial charge in [0.05, 0.1) is 12.8 Å². The lowest BCUT2D eigenvalue weighted by Crippen LogP contribution is -1.92. The normalized spacial score (nSPS) is 10.5. The maximum absolute atomic E-state index is 13.3. The molecule has 2 nitrogen and oxygen atoms in total. The molecule has 0 unspecified atom stereocenters. The van der Waals surface area contributed by atoms with E-state index in [4.69, 9.17) is 22.1 Å². The molecule has 0 saturated carbocycles. The number of halogens is 2. The third-order valence-electron chi connectivity index (χ3n) is 2.61. The molecule has 100 valence electrons. The molecule has 2 aromatic rings. The van der Waals surface area contributed by atoms with Crippen molar-refractivity contribution in [1.82, 2.24) is 0 Å². The SMILES string of the molecule is COc1ccc(Cl)cc1CSc1ccc(N)c(F)c1. The molecular weight excluding hydrogens is 285 g/mol. The van der Waals surface area contributed by atoms with E-state index in [1.165, 1.54) is 17.8 Å². The number of rotatable bonds is 4. The minimum Gasteiger partial charge on any atom is -0.496 e. The van der Waals surface area contributed by atoms with E-state index in [0.29, 0.717) is 10.8 Å². The second kappa shape index (κ2) is 6.17. The maximum atomic E-state index is 13.3. The number of anilines is 1. The largest absolute Gasteiger partial charge is 0.496 e. The predicted octanol–water partition coefficient (Wildman–Crippen LogP) is 4.36. The van der Waals surface area contributed by atoms with Gasteiger partial charge in [-0.15, -0.1) is 11.8 Å². The van der Waals surface area contributed by atoms with Crippen LogP contribution in [0.5, 0.6) is 5.75 Å². The van der Waals surface area contributed by atoms with Gasteiger partial charge in [-0.3, -0.25) is 0 Å². The van der Waals surface area contributed by atoms with Gasteiger partial charge in [-0.2, -0.15) is 0 Å². The number of hydrogen-bond acceptors (Lipinski definition) is 3. The van der Waals surface area contributed by atoms with E-state index in [0.717, 1.165) is 16.2 Å². The fraction of sp³-hybridized carbons (Fsp3) is 0.143. The molecular formula is C14H13ClFNOS. The van der Waals surface area contributed by atoms with Crippen LogP contribution in [0.3, 0.4) is 0 Å². The minimum atomic E-state index is -0.400. The van der Waals surface area contributed by atoms with Gasteiger partial charge in [0.2, 0.25) is 0 Å². The molecule has 0 aliphatic heterocycles. The van der Waals surface area contributed by atoms with Crippen molar-refractivity contribution in [3.63, 3.8) is 0 Å². The van der Waals surface area contributed by atoms with E-state index in [1.807, 2.05) is 12.1 Å². The predicted molar refractivity (Wildman–Crippen MR) is 78.4 cm³/mol. The second-order valence-electron chi connectivity index (χ2n) is 3.93. The summed E-state index contributed by atoms with van der Waals surface area (Å²) >= 11 is 7.46. The first-order valence-corrected chi connectivity index (χ1v) is 6.96. The zero-order valence-corrected chi connectivity index (χ0v) is 11.9. The molecule has 0 spiro atoms. The first kappa shape index (κ1) is 14.0. The Bertz CT molecular complexity index is 592. The molecule has 2 rings (SSSR count). The summed E-state index contributed by atoms with van der Waals surface area (Å²) in [7, 11) is 1.61. The van der Waals surface area contributed by atoms with Gasteiger partial charge in [0.15, 0.2) is 0 Å². The molecule has 19 heavy (non-hydrogen) atoms. The van der Waals surface area contributed by atoms with Crippen LogP contribution in [0, 0.1) is 5.82 Å². The molecule has 0 heterocycles. The van der Waals surface area contributed by atoms with Crippen LogP contribution < -0.4 is 10.5 Å². The standard InChI is InChI=1S/C14H13ClFNOS/c1-18-14-5-2-10(15)6-9(14)8-19-11-3-4-13(17)12(16)7-11/h2-7H,8,17H2,1H3. The Kier molecular flexibility index (Phi) is 4.56. The molecule has 0 aromatic heterocycles. The van der Waals surface area contributed by atoms with Crippen molar-refractivity contribution >= 4 is 29.1 Å². The molecule has 2 aromatic carbocycles. The molecule has 5 heteroatoms. The molecule has 0 bridgehead atoms. The summed E-state index contributed by atoms with van der Waals surface area (Å²) in [5, 5.41) is 0.653. The Labute approximate surface area is 120 Å². The van der Waals surface area contributed by atoms with Crippen LogP contribution in [0.25, 0.3) is 0 Å². The molecule has 0 aliphatic carbocycles. The van der Waals surface area contributed by atoms with Crippen LogP contribution in [-0.2, 0) is 5.75 Å². The Hall–Kier alpha value is -1.39. The van der Waals surface area contributed by atoms with E-state index in [-0.39, 0.29) is 5.69 Å². The molecule has 0 fully saturated rings. The molecule has 0 amide bonds. The van der Waals surface area contributed by atoms with Crippen LogP contribution in [-0.4, -0.2) is 7.11 Å². The summed E-state index contributed by atoms with van der Waals surface area (Å²) < 4.78 is 18.6. The summed E-state index contributed by atoms with van der Waals surface area (Å²) in [6.07, 6.45) is 0. The second-order valence-corrected chi connectivity index (χ2v) is 5.41.